The fraction of sp³-hybridized carbons (Fsp3) is 0.545. The molecule has 150 valence electrons. The van der Waals surface area contributed by atoms with Gasteiger partial charge in [0.25, 0.3) is 5.91 Å². The standard InChI is InChI=1S/C22H30N4O2/c1-3-21(27)26-16(2)15-19(18-7-4-5-8-20(18)26)24-17-10-13-25(14-11-17)22(28)9-6-12-23/h4-5,7-8,16-17,19,24H,3,10-15,23H2,1-2H3/t16-,19+/m0/s1. The fourth-order valence-electron chi connectivity index (χ4n) is 4.26. The van der Waals surface area contributed by atoms with E-state index in [-0.39, 0.29) is 30.4 Å². The first-order valence-corrected chi connectivity index (χ1v) is 10.2. The van der Waals surface area contributed by atoms with Crippen molar-refractivity contribution in [2.75, 3.05) is 24.5 Å². The number of likely N-dealkylation sites (tertiary alicyclic amines) is 1. The quantitative estimate of drug-likeness (QED) is 0.782. The van der Waals surface area contributed by atoms with E-state index >= 15 is 0 Å². The molecule has 1 fully saturated rings. The molecule has 0 bridgehead atoms. The van der Waals surface area contributed by atoms with Crippen LogP contribution >= 0.6 is 0 Å². The van der Waals surface area contributed by atoms with Gasteiger partial charge >= 0.3 is 0 Å². The summed E-state index contributed by atoms with van der Waals surface area (Å²) in [5.74, 6) is 5.28. The van der Waals surface area contributed by atoms with Gasteiger partial charge in [-0.3, -0.25) is 9.59 Å². The molecule has 1 saturated heterocycles. The van der Waals surface area contributed by atoms with Gasteiger partial charge in [-0.25, -0.2) is 0 Å². The first kappa shape index (κ1) is 20.4. The number of piperidine rings is 1. The molecule has 0 aromatic heterocycles. The number of fused-ring (bicyclic) bond motifs is 1. The van der Waals surface area contributed by atoms with Crippen molar-refractivity contribution in [3.63, 3.8) is 0 Å². The summed E-state index contributed by atoms with van der Waals surface area (Å²) in [6, 6.07) is 8.93. The normalized spacial score (nSPS) is 22.2. The van der Waals surface area contributed by atoms with Crippen molar-refractivity contribution in [2.45, 2.75) is 57.7 Å². The Hall–Kier alpha value is -2.36. The average molecular weight is 383 g/mol. The highest BCUT2D eigenvalue weighted by molar-refractivity contribution is 5.95. The number of nitrogens with one attached hydrogen (secondary N) is 1. The molecule has 3 rings (SSSR count). The molecule has 1 aromatic carbocycles. The van der Waals surface area contributed by atoms with Crippen LogP contribution in [-0.2, 0) is 9.59 Å². The van der Waals surface area contributed by atoms with Gasteiger partial charge in [-0.2, -0.15) is 0 Å². The summed E-state index contributed by atoms with van der Waals surface area (Å²) >= 11 is 0. The van der Waals surface area contributed by atoms with Gasteiger partial charge in [0.15, 0.2) is 0 Å². The highest BCUT2D eigenvalue weighted by atomic mass is 16.2. The zero-order chi connectivity index (χ0) is 20.1. The van der Waals surface area contributed by atoms with Crippen LogP contribution < -0.4 is 16.0 Å². The second-order valence-corrected chi connectivity index (χ2v) is 7.55. The van der Waals surface area contributed by atoms with Crippen LogP contribution in [-0.4, -0.2) is 48.4 Å². The summed E-state index contributed by atoms with van der Waals surface area (Å²) in [5.41, 5.74) is 7.55. The summed E-state index contributed by atoms with van der Waals surface area (Å²) in [5, 5.41) is 3.79. The lowest BCUT2D eigenvalue weighted by Gasteiger charge is -2.42. The topological polar surface area (TPSA) is 78.7 Å². The van der Waals surface area contributed by atoms with E-state index in [0.717, 1.165) is 24.9 Å². The molecule has 6 heteroatoms. The number of anilines is 1. The van der Waals surface area contributed by atoms with E-state index in [1.807, 2.05) is 30.0 Å². The maximum Gasteiger partial charge on any atom is 0.298 e. The summed E-state index contributed by atoms with van der Waals surface area (Å²) in [6.45, 7) is 5.66. The molecule has 0 radical (unpaired) electrons. The Morgan fingerprint density at radius 3 is 2.64 bits per heavy atom. The second kappa shape index (κ2) is 9.22. The van der Waals surface area contributed by atoms with Crippen LogP contribution in [0, 0.1) is 11.8 Å². The van der Waals surface area contributed by atoms with Crippen LogP contribution in [0.25, 0.3) is 0 Å². The smallest absolute Gasteiger partial charge is 0.298 e. The number of hydrogen-bond acceptors (Lipinski definition) is 4. The minimum Gasteiger partial charge on any atom is -0.332 e. The lowest BCUT2D eigenvalue weighted by Crippen LogP contribution is -2.49. The van der Waals surface area contributed by atoms with E-state index in [0.29, 0.717) is 25.6 Å². The van der Waals surface area contributed by atoms with Crippen molar-refractivity contribution < 1.29 is 9.59 Å². The largest absolute Gasteiger partial charge is 0.332 e. The molecule has 3 N–H and O–H groups in total. The van der Waals surface area contributed by atoms with Crippen LogP contribution in [0.1, 0.15) is 51.1 Å². The van der Waals surface area contributed by atoms with E-state index in [1.165, 1.54) is 5.56 Å². The summed E-state index contributed by atoms with van der Waals surface area (Å²) in [7, 11) is 0. The van der Waals surface area contributed by atoms with E-state index in [1.54, 1.807) is 4.90 Å². The SMILES string of the molecule is CCC(=O)N1c2ccccc2[C@H](NC2CCN(C(=O)C#CCN)CC2)C[C@@H]1C. The number of para-hydroxylation sites is 1. The summed E-state index contributed by atoms with van der Waals surface area (Å²) in [6.07, 6.45) is 3.21. The van der Waals surface area contributed by atoms with Crippen LogP contribution in [0.15, 0.2) is 24.3 Å². The Labute approximate surface area is 167 Å². The zero-order valence-electron chi connectivity index (χ0n) is 16.8. The van der Waals surface area contributed by atoms with Gasteiger partial charge in [0, 0.05) is 43.3 Å². The lowest BCUT2D eigenvalue weighted by atomic mass is 9.90. The van der Waals surface area contributed by atoms with E-state index < -0.39 is 0 Å². The predicted molar refractivity (Wildman–Crippen MR) is 111 cm³/mol. The molecule has 2 atom stereocenters. The highest BCUT2D eigenvalue weighted by Crippen LogP contribution is 2.38. The number of benzene rings is 1. The molecule has 2 aliphatic heterocycles. The van der Waals surface area contributed by atoms with Gasteiger partial charge in [0.2, 0.25) is 5.91 Å². The predicted octanol–water partition coefficient (Wildman–Crippen LogP) is 1.81. The highest BCUT2D eigenvalue weighted by Gasteiger charge is 2.34. The minimum absolute atomic E-state index is 0.130. The van der Waals surface area contributed by atoms with E-state index in [2.05, 4.69) is 30.1 Å². The van der Waals surface area contributed by atoms with Crippen molar-refractivity contribution in [3.05, 3.63) is 29.8 Å². The Morgan fingerprint density at radius 1 is 1.25 bits per heavy atom. The molecule has 6 nitrogen and oxygen atoms in total. The maximum atomic E-state index is 12.5. The lowest BCUT2D eigenvalue weighted by molar-refractivity contribution is -0.126. The molecule has 0 unspecified atom stereocenters. The summed E-state index contributed by atoms with van der Waals surface area (Å²) < 4.78 is 0. The third kappa shape index (κ3) is 4.37. The number of carbonyl (C=O) groups excluding carboxylic acids is 2. The number of hydrogen-bond donors (Lipinski definition) is 2. The number of nitrogens with two attached hydrogens (primary N) is 1. The Bertz CT molecular complexity index is 774. The van der Waals surface area contributed by atoms with Gasteiger partial charge in [0.1, 0.15) is 0 Å². The van der Waals surface area contributed by atoms with Crippen LogP contribution in [0.2, 0.25) is 0 Å². The van der Waals surface area contributed by atoms with Gasteiger partial charge in [0.05, 0.1) is 6.54 Å². The van der Waals surface area contributed by atoms with Crippen molar-refractivity contribution in [3.8, 4) is 11.8 Å². The molecular formula is C22H30N4O2. The molecule has 2 aliphatic rings. The van der Waals surface area contributed by atoms with Gasteiger partial charge < -0.3 is 20.9 Å². The van der Waals surface area contributed by atoms with Crippen molar-refractivity contribution in [2.24, 2.45) is 5.73 Å². The zero-order valence-corrected chi connectivity index (χ0v) is 16.8. The fourth-order valence-corrected chi connectivity index (χ4v) is 4.26. The second-order valence-electron chi connectivity index (χ2n) is 7.55. The molecule has 2 amide bonds. The monoisotopic (exact) mass is 382 g/mol. The maximum absolute atomic E-state index is 12.5. The first-order chi connectivity index (χ1) is 13.5. The molecular weight excluding hydrogens is 352 g/mol. The molecule has 0 aliphatic carbocycles. The van der Waals surface area contributed by atoms with Gasteiger partial charge in [-0.05, 0) is 43.7 Å². The molecule has 2 heterocycles. The number of rotatable bonds is 3. The number of nitrogens with zero attached hydrogens (tertiary/aromatic N) is 2. The third-order valence-electron chi connectivity index (χ3n) is 5.68. The molecule has 1 aromatic rings. The van der Waals surface area contributed by atoms with E-state index in [9.17, 15) is 9.59 Å². The molecule has 0 saturated carbocycles. The van der Waals surface area contributed by atoms with Crippen molar-refractivity contribution >= 4 is 17.5 Å². The van der Waals surface area contributed by atoms with Gasteiger partial charge in [-0.1, -0.05) is 31.0 Å². The minimum atomic E-state index is -0.130. The van der Waals surface area contributed by atoms with E-state index in [4.69, 9.17) is 5.73 Å². The first-order valence-electron chi connectivity index (χ1n) is 10.2. The van der Waals surface area contributed by atoms with Crippen molar-refractivity contribution in [1.29, 1.82) is 0 Å². The number of amides is 2. The Balaban J connectivity index is 1.67. The van der Waals surface area contributed by atoms with Gasteiger partial charge in [-0.15, -0.1) is 0 Å². The Morgan fingerprint density at radius 2 is 1.96 bits per heavy atom. The molecule has 0 spiro atoms. The Kier molecular flexibility index (Phi) is 6.71. The van der Waals surface area contributed by atoms with Crippen molar-refractivity contribution in [1.82, 2.24) is 10.2 Å². The van der Waals surface area contributed by atoms with Crippen LogP contribution in [0.5, 0.6) is 0 Å². The number of carbonyl (C=O) groups is 2. The third-order valence-corrected chi connectivity index (χ3v) is 5.68. The van der Waals surface area contributed by atoms with Crippen LogP contribution in [0.3, 0.4) is 0 Å². The van der Waals surface area contributed by atoms with Crippen LogP contribution in [0.4, 0.5) is 5.69 Å². The summed E-state index contributed by atoms with van der Waals surface area (Å²) in [4.78, 5) is 28.2. The molecule has 28 heavy (non-hydrogen) atoms. The average Bonchev–Trinajstić information content (AvgIpc) is 2.72.